The van der Waals surface area contributed by atoms with Crippen LogP contribution in [0, 0.1) is 5.41 Å². The Labute approximate surface area is 140 Å². The van der Waals surface area contributed by atoms with Crippen LogP contribution in [0.1, 0.15) is 51.9 Å². The molecule has 0 spiro atoms. The average molecular weight is 324 g/mol. The molecule has 0 radical (unpaired) electrons. The first-order valence-electron chi connectivity index (χ1n) is 9.42. The van der Waals surface area contributed by atoms with E-state index >= 15 is 0 Å². The van der Waals surface area contributed by atoms with Gasteiger partial charge >= 0.3 is 0 Å². The number of hydrogen-bond donors (Lipinski definition) is 1. The maximum absolute atomic E-state index is 13.0. The summed E-state index contributed by atoms with van der Waals surface area (Å²) in [5, 5.41) is 9.67. The van der Waals surface area contributed by atoms with E-state index in [9.17, 15) is 9.90 Å². The molecule has 0 aromatic rings. The normalized spacial score (nSPS) is 29.8. The number of carbonyl (C=O) groups is 1. The number of nitrogens with zero attached hydrogens (tertiary/aromatic N) is 2. The van der Waals surface area contributed by atoms with Gasteiger partial charge in [-0.25, -0.2) is 0 Å². The van der Waals surface area contributed by atoms with Crippen molar-refractivity contribution in [3.05, 3.63) is 0 Å². The Morgan fingerprint density at radius 2 is 1.87 bits per heavy atom. The Morgan fingerprint density at radius 1 is 1.17 bits per heavy atom. The molecule has 1 N–H and O–H groups in total. The van der Waals surface area contributed by atoms with Crippen LogP contribution in [-0.4, -0.2) is 72.4 Å². The van der Waals surface area contributed by atoms with Gasteiger partial charge in [0.25, 0.3) is 0 Å². The fourth-order valence-electron chi connectivity index (χ4n) is 4.54. The number of rotatable bonds is 4. The summed E-state index contributed by atoms with van der Waals surface area (Å²) in [6.45, 7) is 6.75. The average Bonchev–Trinajstić information content (AvgIpc) is 3.11. The number of amides is 1. The molecule has 3 heterocycles. The summed E-state index contributed by atoms with van der Waals surface area (Å²) in [7, 11) is 0. The van der Waals surface area contributed by atoms with Crippen LogP contribution in [-0.2, 0) is 9.53 Å². The highest BCUT2D eigenvalue weighted by molar-refractivity contribution is 5.82. The van der Waals surface area contributed by atoms with Crippen molar-refractivity contribution in [3.8, 4) is 0 Å². The SMILES string of the molecule is CCC1(CO)CCN(C(=O)C2CCCN2C2CCOCC2)CC1. The van der Waals surface area contributed by atoms with Gasteiger partial charge in [-0.1, -0.05) is 6.92 Å². The Bertz CT molecular complexity index is 395. The largest absolute Gasteiger partial charge is 0.396 e. The van der Waals surface area contributed by atoms with E-state index in [1.54, 1.807) is 0 Å². The molecule has 132 valence electrons. The molecule has 0 aromatic heterocycles. The molecule has 23 heavy (non-hydrogen) atoms. The highest BCUT2D eigenvalue weighted by Crippen LogP contribution is 2.35. The van der Waals surface area contributed by atoms with Crippen molar-refractivity contribution < 1.29 is 14.6 Å². The predicted molar refractivity (Wildman–Crippen MR) is 89.2 cm³/mol. The first-order chi connectivity index (χ1) is 11.2. The molecule has 0 bridgehead atoms. The lowest BCUT2D eigenvalue weighted by molar-refractivity contribution is -0.140. The monoisotopic (exact) mass is 324 g/mol. The van der Waals surface area contributed by atoms with Gasteiger partial charge in [0.1, 0.15) is 0 Å². The lowest BCUT2D eigenvalue weighted by atomic mass is 9.77. The Balaban J connectivity index is 1.59. The zero-order chi connectivity index (χ0) is 16.3. The van der Waals surface area contributed by atoms with Gasteiger partial charge in [-0.3, -0.25) is 9.69 Å². The van der Waals surface area contributed by atoms with Crippen molar-refractivity contribution in [2.45, 2.75) is 64.0 Å². The number of aliphatic hydroxyl groups excluding tert-OH is 1. The molecule has 3 fully saturated rings. The number of hydrogen-bond acceptors (Lipinski definition) is 4. The third-order valence-corrected chi connectivity index (χ3v) is 6.46. The van der Waals surface area contributed by atoms with Crippen molar-refractivity contribution in [1.29, 1.82) is 0 Å². The van der Waals surface area contributed by atoms with Gasteiger partial charge < -0.3 is 14.7 Å². The summed E-state index contributed by atoms with van der Waals surface area (Å²) in [6, 6.07) is 0.610. The van der Waals surface area contributed by atoms with Gasteiger partial charge in [0.2, 0.25) is 5.91 Å². The van der Waals surface area contributed by atoms with Crippen molar-refractivity contribution in [2.24, 2.45) is 5.41 Å². The van der Waals surface area contributed by atoms with Crippen LogP contribution in [0.2, 0.25) is 0 Å². The van der Waals surface area contributed by atoms with Gasteiger partial charge in [0.15, 0.2) is 0 Å². The molecule has 3 aliphatic heterocycles. The second kappa shape index (κ2) is 7.49. The first-order valence-corrected chi connectivity index (χ1v) is 9.42. The summed E-state index contributed by atoms with van der Waals surface area (Å²) < 4.78 is 5.47. The molecule has 1 unspecified atom stereocenters. The van der Waals surface area contributed by atoms with Crippen LogP contribution in [0.5, 0.6) is 0 Å². The maximum atomic E-state index is 13.0. The molecule has 3 aliphatic rings. The van der Waals surface area contributed by atoms with Crippen molar-refractivity contribution >= 4 is 5.91 Å². The van der Waals surface area contributed by atoms with Crippen LogP contribution in [0.3, 0.4) is 0 Å². The summed E-state index contributed by atoms with van der Waals surface area (Å²) >= 11 is 0. The molecular formula is C18H32N2O3. The van der Waals surface area contributed by atoms with Crippen molar-refractivity contribution in [1.82, 2.24) is 9.80 Å². The van der Waals surface area contributed by atoms with Gasteiger partial charge in [-0.05, 0) is 56.9 Å². The second-order valence-electron chi connectivity index (χ2n) is 7.58. The van der Waals surface area contributed by atoms with Gasteiger partial charge in [0, 0.05) is 39.0 Å². The Hall–Kier alpha value is -0.650. The minimum Gasteiger partial charge on any atom is -0.396 e. The van der Waals surface area contributed by atoms with Gasteiger partial charge in [-0.2, -0.15) is 0 Å². The summed E-state index contributed by atoms with van der Waals surface area (Å²) in [5.74, 6) is 0.330. The van der Waals surface area contributed by atoms with Crippen molar-refractivity contribution in [3.63, 3.8) is 0 Å². The Kier molecular flexibility index (Phi) is 5.60. The van der Waals surface area contributed by atoms with Crippen LogP contribution < -0.4 is 0 Å². The van der Waals surface area contributed by atoms with E-state index in [2.05, 4.69) is 16.7 Å². The first kappa shape index (κ1) is 17.2. The minimum atomic E-state index is 0.0485. The van der Waals surface area contributed by atoms with Crippen LogP contribution in [0.4, 0.5) is 0 Å². The summed E-state index contributed by atoms with van der Waals surface area (Å²) in [5.41, 5.74) is 0.0485. The number of carbonyl (C=O) groups excluding carboxylic acids is 1. The van der Waals surface area contributed by atoms with E-state index in [0.717, 1.165) is 77.8 Å². The lowest BCUT2D eigenvalue weighted by Gasteiger charge is -2.42. The minimum absolute atomic E-state index is 0.0485. The fraction of sp³-hybridized carbons (Fsp3) is 0.944. The molecule has 5 nitrogen and oxygen atoms in total. The van der Waals surface area contributed by atoms with Crippen LogP contribution in [0.25, 0.3) is 0 Å². The third kappa shape index (κ3) is 3.57. The summed E-state index contributed by atoms with van der Waals surface area (Å²) in [6.07, 6.45) is 7.15. The number of ether oxygens (including phenoxy) is 1. The molecule has 0 aromatic carbocycles. The molecule has 3 saturated heterocycles. The smallest absolute Gasteiger partial charge is 0.239 e. The predicted octanol–water partition coefficient (Wildman–Crippen LogP) is 1.64. The zero-order valence-electron chi connectivity index (χ0n) is 14.5. The second-order valence-corrected chi connectivity index (χ2v) is 7.58. The van der Waals surface area contributed by atoms with Gasteiger partial charge in [-0.15, -0.1) is 0 Å². The quantitative estimate of drug-likeness (QED) is 0.854. The molecule has 5 heteroatoms. The van der Waals surface area contributed by atoms with Crippen molar-refractivity contribution in [2.75, 3.05) is 39.5 Å². The third-order valence-electron chi connectivity index (χ3n) is 6.46. The maximum Gasteiger partial charge on any atom is 0.239 e. The highest BCUT2D eigenvalue weighted by Gasteiger charge is 2.40. The standard InChI is InChI=1S/C18H32N2O3/c1-2-18(14-21)7-10-19(11-8-18)17(22)16-4-3-9-20(16)15-5-12-23-13-6-15/h15-16,21H,2-14H2,1H3. The molecule has 1 atom stereocenters. The highest BCUT2D eigenvalue weighted by atomic mass is 16.5. The molecule has 3 rings (SSSR count). The summed E-state index contributed by atoms with van der Waals surface area (Å²) in [4.78, 5) is 17.5. The molecule has 0 aliphatic carbocycles. The number of aliphatic hydroxyl groups is 1. The van der Waals surface area contributed by atoms with Gasteiger partial charge in [0.05, 0.1) is 6.04 Å². The van der Waals surface area contributed by atoms with E-state index in [0.29, 0.717) is 11.9 Å². The number of likely N-dealkylation sites (tertiary alicyclic amines) is 2. The lowest BCUT2D eigenvalue weighted by Crippen LogP contribution is -2.53. The van der Waals surface area contributed by atoms with Crippen LogP contribution in [0.15, 0.2) is 0 Å². The molecular weight excluding hydrogens is 292 g/mol. The van der Waals surface area contributed by atoms with Crippen LogP contribution >= 0.6 is 0 Å². The van der Waals surface area contributed by atoms with E-state index in [1.165, 1.54) is 0 Å². The number of piperidine rings is 1. The fourth-order valence-corrected chi connectivity index (χ4v) is 4.54. The van der Waals surface area contributed by atoms with E-state index in [-0.39, 0.29) is 18.1 Å². The topological polar surface area (TPSA) is 53.0 Å². The molecule has 1 amide bonds. The Morgan fingerprint density at radius 3 is 2.48 bits per heavy atom. The molecule has 0 saturated carbocycles. The zero-order valence-corrected chi connectivity index (χ0v) is 14.5. The van der Waals surface area contributed by atoms with E-state index < -0.39 is 0 Å². The van der Waals surface area contributed by atoms with E-state index in [1.807, 2.05) is 0 Å². The van der Waals surface area contributed by atoms with E-state index in [4.69, 9.17) is 4.74 Å².